The van der Waals surface area contributed by atoms with Crippen molar-refractivity contribution in [2.75, 3.05) is 13.7 Å². The first-order chi connectivity index (χ1) is 18.7. The van der Waals surface area contributed by atoms with Crippen LogP contribution in [0.2, 0.25) is 0 Å². The largest absolute Gasteiger partial charge is 0.493 e. The molecule has 4 aromatic rings. The van der Waals surface area contributed by atoms with E-state index in [2.05, 4.69) is 10.5 Å². The minimum Gasteiger partial charge on any atom is -0.493 e. The van der Waals surface area contributed by atoms with Gasteiger partial charge in [0, 0.05) is 5.56 Å². The average Bonchev–Trinajstić information content (AvgIpc) is 2.96. The molecular formula is C31H30N2O5. The lowest BCUT2D eigenvalue weighted by Gasteiger charge is -2.13. The van der Waals surface area contributed by atoms with Crippen LogP contribution >= 0.6 is 0 Å². The predicted octanol–water partition coefficient (Wildman–Crippen LogP) is 6.02. The van der Waals surface area contributed by atoms with Gasteiger partial charge in [0.05, 0.1) is 19.9 Å². The third kappa shape index (κ3) is 7.36. The first-order valence-electron chi connectivity index (χ1n) is 12.3. The Bertz CT molecular complexity index is 1360. The Balaban J connectivity index is 1.37. The minimum atomic E-state index is -0.373. The summed E-state index contributed by atoms with van der Waals surface area (Å²) in [6.07, 6.45) is 1.55. The summed E-state index contributed by atoms with van der Waals surface area (Å²) in [4.78, 5) is 12.7. The van der Waals surface area contributed by atoms with Crippen molar-refractivity contribution in [3.8, 4) is 23.0 Å². The van der Waals surface area contributed by atoms with Crippen molar-refractivity contribution >= 4 is 12.1 Å². The molecule has 0 unspecified atom stereocenters. The van der Waals surface area contributed by atoms with Crippen LogP contribution in [-0.4, -0.2) is 25.8 Å². The summed E-state index contributed by atoms with van der Waals surface area (Å²) < 4.78 is 23.0. The van der Waals surface area contributed by atoms with Crippen LogP contribution < -0.4 is 24.4 Å². The highest BCUT2D eigenvalue weighted by Gasteiger charge is 2.12. The second kappa shape index (κ2) is 13.5. The van der Waals surface area contributed by atoms with Gasteiger partial charge in [-0.05, 0) is 60.0 Å². The fourth-order valence-corrected chi connectivity index (χ4v) is 3.62. The molecule has 194 valence electrons. The zero-order valence-electron chi connectivity index (χ0n) is 21.4. The fraction of sp³-hybridized carbons (Fsp3) is 0.161. The van der Waals surface area contributed by atoms with Gasteiger partial charge in [-0.25, -0.2) is 5.43 Å². The smallest absolute Gasteiger partial charge is 0.271 e. The summed E-state index contributed by atoms with van der Waals surface area (Å²) in [5.74, 6) is 1.88. The van der Waals surface area contributed by atoms with E-state index in [4.69, 9.17) is 18.9 Å². The molecule has 0 saturated carbocycles. The summed E-state index contributed by atoms with van der Waals surface area (Å²) in [5, 5.41) is 4.10. The molecule has 0 spiro atoms. The number of benzene rings is 4. The maximum Gasteiger partial charge on any atom is 0.271 e. The van der Waals surface area contributed by atoms with Gasteiger partial charge in [-0.2, -0.15) is 5.10 Å². The first kappa shape index (κ1) is 26.3. The van der Waals surface area contributed by atoms with Crippen LogP contribution in [0.1, 0.15) is 34.0 Å². The van der Waals surface area contributed by atoms with Crippen LogP contribution in [0, 0.1) is 0 Å². The Morgan fingerprint density at radius 3 is 1.95 bits per heavy atom. The summed E-state index contributed by atoms with van der Waals surface area (Å²) in [5.41, 5.74) is 5.80. The number of hydrazone groups is 1. The number of carbonyl (C=O) groups excluding carboxylic acids is 1. The molecule has 0 saturated heterocycles. The lowest BCUT2D eigenvalue weighted by atomic mass is 10.2. The second-order valence-electron chi connectivity index (χ2n) is 8.25. The van der Waals surface area contributed by atoms with E-state index in [-0.39, 0.29) is 5.91 Å². The lowest BCUT2D eigenvalue weighted by molar-refractivity contribution is 0.0954. The molecule has 0 aromatic heterocycles. The molecule has 0 heterocycles. The Labute approximate surface area is 222 Å². The van der Waals surface area contributed by atoms with Gasteiger partial charge in [-0.3, -0.25) is 4.79 Å². The quantitative estimate of drug-likeness (QED) is 0.186. The number of rotatable bonds is 12. The average molecular weight is 511 g/mol. The minimum absolute atomic E-state index is 0.373. The molecule has 0 bridgehead atoms. The zero-order chi connectivity index (χ0) is 26.6. The third-order valence-corrected chi connectivity index (χ3v) is 5.55. The normalized spacial score (nSPS) is 10.7. The Morgan fingerprint density at radius 1 is 0.737 bits per heavy atom. The van der Waals surface area contributed by atoms with E-state index < -0.39 is 0 Å². The van der Waals surface area contributed by atoms with Crippen molar-refractivity contribution in [2.45, 2.75) is 20.1 Å². The molecule has 0 aliphatic rings. The molecule has 0 fully saturated rings. The van der Waals surface area contributed by atoms with Gasteiger partial charge in [-0.15, -0.1) is 0 Å². The van der Waals surface area contributed by atoms with E-state index in [9.17, 15) is 4.79 Å². The zero-order valence-corrected chi connectivity index (χ0v) is 21.4. The van der Waals surface area contributed by atoms with Crippen molar-refractivity contribution in [1.29, 1.82) is 0 Å². The number of ether oxygens (including phenoxy) is 4. The van der Waals surface area contributed by atoms with Crippen LogP contribution in [0.3, 0.4) is 0 Å². The molecular weight excluding hydrogens is 480 g/mol. The van der Waals surface area contributed by atoms with Gasteiger partial charge < -0.3 is 18.9 Å². The number of methoxy groups -OCH3 is 1. The predicted molar refractivity (Wildman–Crippen MR) is 147 cm³/mol. The van der Waals surface area contributed by atoms with Crippen LogP contribution in [0.15, 0.2) is 102 Å². The molecule has 4 aromatic carbocycles. The van der Waals surface area contributed by atoms with E-state index in [1.165, 1.54) is 7.11 Å². The Hall–Kier alpha value is -4.78. The molecule has 0 aliphatic heterocycles. The first-order valence-corrected chi connectivity index (χ1v) is 12.3. The summed E-state index contributed by atoms with van der Waals surface area (Å²) in [6.45, 7) is 3.23. The summed E-state index contributed by atoms with van der Waals surface area (Å²) in [7, 11) is 1.54. The van der Waals surface area contributed by atoms with Gasteiger partial charge in [0.2, 0.25) is 0 Å². The molecule has 38 heavy (non-hydrogen) atoms. The van der Waals surface area contributed by atoms with Crippen molar-refractivity contribution in [1.82, 2.24) is 5.43 Å². The second-order valence-corrected chi connectivity index (χ2v) is 8.25. The van der Waals surface area contributed by atoms with E-state index in [0.29, 0.717) is 48.4 Å². The van der Waals surface area contributed by atoms with Crippen LogP contribution in [-0.2, 0) is 13.2 Å². The molecule has 1 amide bonds. The van der Waals surface area contributed by atoms with Crippen molar-refractivity contribution in [3.63, 3.8) is 0 Å². The number of nitrogens with zero attached hydrogens (tertiary/aromatic N) is 1. The number of amides is 1. The maximum absolute atomic E-state index is 12.7. The highest BCUT2D eigenvalue weighted by Crippen LogP contribution is 2.30. The topological polar surface area (TPSA) is 78.4 Å². The number of hydrogen-bond acceptors (Lipinski definition) is 6. The van der Waals surface area contributed by atoms with Crippen molar-refractivity contribution in [2.24, 2.45) is 5.10 Å². The lowest BCUT2D eigenvalue weighted by Crippen LogP contribution is -2.17. The fourth-order valence-electron chi connectivity index (χ4n) is 3.62. The summed E-state index contributed by atoms with van der Waals surface area (Å²) >= 11 is 0. The Morgan fingerprint density at radius 2 is 1.34 bits per heavy atom. The monoisotopic (exact) mass is 510 g/mol. The molecule has 4 rings (SSSR count). The van der Waals surface area contributed by atoms with E-state index in [1.54, 1.807) is 24.4 Å². The highest BCUT2D eigenvalue weighted by molar-refractivity contribution is 5.95. The SMILES string of the molecule is CCOc1cc(/C=N/NC(=O)c2ccc(OCc3ccccc3)c(OC)c2)ccc1OCc1ccccc1. The Kier molecular flexibility index (Phi) is 9.34. The van der Waals surface area contributed by atoms with E-state index >= 15 is 0 Å². The van der Waals surface area contributed by atoms with Crippen LogP contribution in [0.5, 0.6) is 23.0 Å². The molecule has 7 heteroatoms. The van der Waals surface area contributed by atoms with Crippen LogP contribution in [0.4, 0.5) is 0 Å². The van der Waals surface area contributed by atoms with Crippen LogP contribution in [0.25, 0.3) is 0 Å². The standard InChI is InChI=1S/C31H30N2O5/c1-3-36-30-18-25(14-16-28(30)38-22-24-12-8-5-9-13-24)20-32-33-31(34)26-15-17-27(29(19-26)35-2)37-21-23-10-6-4-7-11-23/h4-20H,3,21-22H2,1-2H3,(H,33,34)/b32-20+. The highest BCUT2D eigenvalue weighted by atomic mass is 16.5. The molecule has 7 nitrogen and oxygen atoms in total. The molecule has 0 aliphatic carbocycles. The molecule has 0 radical (unpaired) electrons. The van der Waals surface area contributed by atoms with Gasteiger partial charge in [0.25, 0.3) is 5.91 Å². The van der Waals surface area contributed by atoms with Gasteiger partial charge >= 0.3 is 0 Å². The number of carbonyl (C=O) groups is 1. The number of nitrogens with one attached hydrogen (secondary N) is 1. The molecule has 0 atom stereocenters. The number of hydrogen-bond donors (Lipinski definition) is 1. The van der Waals surface area contributed by atoms with E-state index in [1.807, 2.05) is 85.8 Å². The summed E-state index contributed by atoms with van der Waals surface area (Å²) in [6, 6.07) is 30.2. The van der Waals surface area contributed by atoms with Gasteiger partial charge in [0.1, 0.15) is 13.2 Å². The maximum atomic E-state index is 12.7. The van der Waals surface area contributed by atoms with Crippen molar-refractivity contribution < 1.29 is 23.7 Å². The van der Waals surface area contributed by atoms with Gasteiger partial charge in [0.15, 0.2) is 23.0 Å². The van der Waals surface area contributed by atoms with Gasteiger partial charge in [-0.1, -0.05) is 60.7 Å². The van der Waals surface area contributed by atoms with Crippen molar-refractivity contribution in [3.05, 3.63) is 119 Å². The van der Waals surface area contributed by atoms with E-state index in [0.717, 1.165) is 16.7 Å². The molecule has 1 N–H and O–H groups in total. The third-order valence-electron chi connectivity index (χ3n) is 5.55.